The monoisotopic (exact) mass is 389 g/mol. The average molecular weight is 390 g/mol. The lowest BCUT2D eigenvalue weighted by Crippen LogP contribution is -3.13. The summed E-state index contributed by atoms with van der Waals surface area (Å²) in [4.78, 5) is 20.2. The van der Waals surface area contributed by atoms with Crippen LogP contribution in [0.3, 0.4) is 0 Å². The molecule has 1 amide bonds. The van der Waals surface area contributed by atoms with Crippen molar-refractivity contribution in [1.82, 2.24) is 14.6 Å². The maximum Gasteiger partial charge on any atom is 0.254 e. The number of nitrogens with zero attached hydrogens (tertiary/aromatic N) is 2. The molecule has 1 saturated heterocycles. The summed E-state index contributed by atoms with van der Waals surface area (Å²) >= 11 is 0. The third-order valence-corrected chi connectivity index (χ3v) is 6.27. The molecule has 8 heteroatoms. The van der Waals surface area contributed by atoms with Gasteiger partial charge in [-0.3, -0.25) is 9.78 Å². The predicted octanol–water partition coefficient (Wildman–Crippen LogP) is -0.0793. The third kappa shape index (κ3) is 4.91. The van der Waals surface area contributed by atoms with Crippen LogP contribution >= 0.6 is 0 Å². The van der Waals surface area contributed by atoms with Crippen molar-refractivity contribution in [3.63, 3.8) is 0 Å². The first-order valence-electron chi connectivity index (χ1n) is 9.11. The number of hydrogen-bond donors (Lipinski definition) is 2. The minimum absolute atomic E-state index is 0.0506. The van der Waals surface area contributed by atoms with Crippen molar-refractivity contribution in [2.75, 3.05) is 32.7 Å². The van der Waals surface area contributed by atoms with Crippen molar-refractivity contribution in [3.8, 4) is 0 Å². The van der Waals surface area contributed by atoms with E-state index in [1.165, 1.54) is 22.6 Å². The lowest BCUT2D eigenvalue weighted by molar-refractivity contribution is -0.917. The summed E-state index contributed by atoms with van der Waals surface area (Å²) in [6.07, 6.45) is 3.60. The number of rotatable bonds is 6. The van der Waals surface area contributed by atoms with Crippen LogP contribution in [-0.2, 0) is 16.6 Å². The summed E-state index contributed by atoms with van der Waals surface area (Å²) in [6, 6.07) is 10.2. The molecule has 0 unspecified atom stereocenters. The van der Waals surface area contributed by atoms with Crippen LogP contribution in [0.4, 0.5) is 0 Å². The van der Waals surface area contributed by atoms with Crippen molar-refractivity contribution in [1.29, 1.82) is 0 Å². The van der Waals surface area contributed by atoms with E-state index in [1.807, 2.05) is 17.0 Å². The molecule has 2 N–H and O–H groups in total. The number of hydrogen-bond acceptors (Lipinski definition) is 4. The normalized spacial score (nSPS) is 15.7. The summed E-state index contributed by atoms with van der Waals surface area (Å²) in [5.74, 6) is -0.0506. The van der Waals surface area contributed by atoms with Gasteiger partial charge in [-0.1, -0.05) is 6.92 Å². The highest BCUT2D eigenvalue weighted by molar-refractivity contribution is 7.89. The Labute approximate surface area is 160 Å². The van der Waals surface area contributed by atoms with E-state index in [1.54, 1.807) is 31.5 Å². The number of carbonyl (C=O) groups excluding carboxylic acids is 1. The van der Waals surface area contributed by atoms with Crippen LogP contribution in [0, 0.1) is 0 Å². The number of piperazine rings is 1. The molecule has 2 heterocycles. The van der Waals surface area contributed by atoms with Gasteiger partial charge in [0, 0.05) is 30.1 Å². The topological polar surface area (TPSA) is 83.8 Å². The second kappa shape index (κ2) is 8.60. The highest BCUT2D eigenvalue weighted by Gasteiger charge is 2.25. The Morgan fingerprint density at radius 2 is 1.74 bits per heavy atom. The van der Waals surface area contributed by atoms with Gasteiger partial charge in [0.15, 0.2) is 0 Å². The molecule has 3 rings (SSSR count). The highest BCUT2D eigenvalue weighted by atomic mass is 32.2. The smallest absolute Gasteiger partial charge is 0.254 e. The summed E-state index contributed by atoms with van der Waals surface area (Å²) in [6.45, 7) is 6.15. The molecule has 0 spiro atoms. The lowest BCUT2D eigenvalue weighted by Gasteiger charge is -2.32. The quantitative estimate of drug-likeness (QED) is 0.724. The van der Waals surface area contributed by atoms with Gasteiger partial charge in [0.1, 0.15) is 6.54 Å². The Balaban J connectivity index is 1.57. The maximum absolute atomic E-state index is 12.7. The maximum atomic E-state index is 12.7. The van der Waals surface area contributed by atoms with Crippen LogP contribution in [0.1, 0.15) is 22.8 Å². The summed E-state index contributed by atoms with van der Waals surface area (Å²) in [5.41, 5.74) is 1.76. The van der Waals surface area contributed by atoms with E-state index in [0.717, 1.165) is 19.6 Å². The number of pyridine rings is 1. The average Bonchev–Trinajstić information content (AvgIpc) is 2.69. The zero-order valence-electron chi connectivity index (χ0n) is 15.4. The van der Waals surface area contributed by atoms with Gasteiger partial charge in [-0.05, 0) is 36.4 Å². The van der Waals surface area contributed by atoms with Crippen LogP contribution in [0.15, 0.2) is 53.7 Å². The lowest BCUT2D eigenvalue weighted by atomic mass is 10.1. The van der Waals surface area contributed by atoms with Crippen molar-refractivity contribution < 1.29 is 18.1 Å². The van der Waals surface area contributed by atoms with Crippen molar-refractivity contribution >= 4 is 15.9 Å². The third-order valence-electron chi connectivity index (χ3n) is 4.71. The molecule has 27 heavy (non-hydrogen) atoms. The van der Waals surface area contributed by atoms with E-state index in [4.69, 9.17) is 0 Å². The van der Waals surface area contributed by atoms with Gasteiger partial charge in [0.2, 0.25) is 10.0 Å². The Hall–Kier alpha value is -2.29. The number of benzene rings is 1. The number of quaternary nitrogens is 1. The van der Waals surface area contributed by atoms with Gasteiger partial charge in [0.25, 0.3) is 5.91 Å². The number of aromatic nitrogens is 1. The van der Waals surface area contributed by atoms with E-state index in [-0.39, 0.29) is 10.8 Å². The molecule has 1 aliphatic rings. The van der Waals surface area contributed by atoms with E-state index >= 15 is 0 Å². The van der Waals surface area contributed by atoms with E-state index in [0.29, 0.717) is 25.2 Å². The molecule has 1 fully saturated rings. The van der Waals surface area contributed by atoms with Crippen molar-refractivity contribution in [3.05, 3.63) is 59.9 Å². The highest BCUT2D eigenvalue weighted by Crippen LogP contribution is 2.12. The van der Waals surface area contributed by atoms with Crippen LogP contribution in [0.25, 0.3) is 0 Å². The minimum Gasteiger partial charge on any atom is -0.328 e. The van der Waals surface area contributed by atoms with Crippen LogP contribution in [0.5, 0.6) is 0 Å². The largest absolute Gasteiger partial charge is 0.328 e. The molecule has 0 bridgehead atoms. The predicted molar refractivity (Wildman–Crippen MR) is 102 cm³/mol. The Kier molecular flexibility index (Phi) is 6.20. The molecule has 1 aliphatic heterocycles. The molecular weight excluding hydrogens is 364 g/mol. The summed E-state index contributed by atoms with van der Waals surface area (Å²) in [7, 11) is -3.50. The fourth-order valence-electron chi connectivity index (χ4n) is 3.22. The van der Waals surface area contributed by atoms with Crippen LogP contribution < -0.4 is 9.62 Å². The molecule has 0 aliphatic carbocycles. The second-order valence-corrected chi connectivity index (χ2v) is 8.37. The second-order valence-electron chi connectivity index (χ2n) is 6.60. The number of nitrogens with one attached hydrogen (secondary N) is 2. The molecule has 144 valence electrons. The standard InChI is InChI=1S/C19H24N4O3S/c1-2-21-27(25,26)18-5-3-17(4-6-18)19(24)23-13-11-22(12-14-23)15-16-7-9-20-10-8-16/h3-10,21H,2,11-15H2,1H3/p+1. The number of amides is 1. The number of sulfonamides is 1. The summed E-state index contributed by atoms with van der Waals surface area (Å²) < 4.78 is 26.4. The molecular formula is C19H25N4O3S+. The van der Waals surface area contributed by atoms with Gasteiger partial charge in [-0.15, -0.1) is 0 Å². The first kappa shape index (κ1) is 19.5. The molecule has 7 nitrogen and oxygen atoms in total. The first-order chi connectivity index (χ1) is 13.0. The Bertz CT molecular complexity index is 862. The zero-order valence-corrected chi connectivity index (χ0v) is 16.2. The first-order valence-corrected chi connectivity index (χ1v) is 10.6. The van der Waals surface area contributed by atoms with Crippen LogP contribution in [-0.4, -0.2) is 56.9 Å². The Morgan fingerprint density at radius 3 is 2.33 bits per heavy atom. The fourth-order valence-corrected chi connectivity index (χ4v) is 4.27. The Morgan fingerprint density at radius 1 is 1.11 bits per heavy atom. The van der Waals surface area contributed by atoms with Crippen molar-refractivity contribution in [2.45, 2.75) is 18.4 Å². The van der Waals surface area contributed by atoms with E-state index < -0.39 is 10.0 Å². The summed E-state index contributed by atoms with van der Waals surface area (Å²) in [5, 5.41) is 0. The molecule has 1 aromatic carbocycles. The molecule has 0 atom stereocenters. The van der Waals surface area contributed by atoms with Crippen LogP contribution in [0.2, 0.25) is 0 Å². The SMILES string of the molecule is CCNS(=O)(=O)c1ccc(C(=O)N2CC[NH+](Cc3ccncc3)CC2)cc1. The molecule has 0 radical (unpaired) electrons. The number of carbonyl (C=O) groups is 1. The van der Waals surface area contributed by atoms with E-state index in [2.05, 4.69) is 9.71 Å². The minimum atomic E-state index is -3.50. The van der Waals surface area contributed by atoms with Crippen molar-refractivity contribution in [2.24, 2.45) is 0 Å². The van der Waals surface area contributed by atoms with Gasteiger partial charge < -0.3 is 9.80 Å². The zero-order chi connectivity index (χ0) is 19.3. The van der Waals surface area contributed by atoms with Gasteiger partial charge >= 0.3 is 0 Å². The molecule has 0 saturated carbocycles. The van der Waals surface area contributed by atoms with E-state index in [9.17, 15) is 13.2 Å². The van der Waals surface area contributed by atoms with Gasteiger partial charge in [0.05, 0.1) is 31.1 Å². The van der Waals surface area contributed by atoms with Gasteiger partial charge in [-0.2, -0.15) is 0 Å². The molecule has 1 aromatic heterocycles. The fraction of sp³-hybridized carbons (Fsp3) is 0.368. The molecule has 2 aromatic rings. The van der Waals surface area contributed by atoms with Gasteiger partial charge in [-0.25, -0.2) is 13.1 Å².